The van der Waals surface area contributed by atoms with E-state index in [0.29, 0.717) is 0 Å². The number of aryl methyl sites for hydroxylation is 6. The van der Waals surface area contributed by atoms with Crippen molar-refractivity contribution >= 4 is 0 Å². The molecule has 0 unspecified atom stereocenters. The molecule has 1 aliphatic carbocycles. The summed E-state index contributed by atoms with van der Waals surface area (Å²) in [5, 5.41) is 0. The van der Waals surface area contributed by atoms with Gasteiger partial charge in [-0.2, -0.15) is 0 Å². The Morgan fingerprint density at radius 1 is 0.459 bits per heavy atom. The average molecular weight is 487 g/mol. The Morgan fingerprint density at radius 2 is 0.892 bits per heavy atom. The molecular weight excluding hydrogens is 444 g/mol. The SMILES string of the molecule is Cc1ccc(Cc2cc(C3(c4ccc(C)c(Cc5ccc(C)cc5C)c4)CCCC3)ccc2C)c(C)c1. The van der Waals surface area contributed by atoms with Gasteiger partial charge in [0.1, 0.15) is 0 Å². The van der Waals surface area contributed by atoms with E-state index in [1.165, 1.54) is 92.4 Å². The molecule has 0 amide bonds. The standard InChI is InChI=1S/C37H42/c1-25-9-13-31(29(5)19-25)21-33-23-35(15-11-27(33)3)37(17-7-8-18-37)36-16-12-28(4)34(24-36)22-32-14-10-26(2)20-30(32)6/h9-16,19-20,23-24H,7-8,17-18,21-22H2,1-6H3. The molecule has 0 radical (unpaired) electrons. The Hall–Kier alpha value is -3.12. The highest BCUT2D eigenvalue weighted by Gasteiger charge is 2.37. The smallest absolute Gasteiger partial charge is 0.0203 e. The van der Waals surface area contributed by atoms with E-state index in [1.807, 2.05) is 0 Å². The van der Waals surface area contributed by atoms with Gasteiger partial charge >= 0.3 is 0 Å². The van der Waals surface area contributed by atoms with Gasteiger partial charge in [-0.05, 0) is 123 Å². The molecule has 190 valence electrons. The van der Waals surface area contributed by atoms with Gasteiger partial charge in [-0.1, -0.05) is 96.8 Å². The number of hydrogen-bond acceptors (Lipinski definition) is 0. The largest absolute Gasteiger partial charge is 0.0590 e. The summed E-state index contributed by atoms with van der Waals surface area (Å²) < 4.78 is 0. The quantitative estimate of drug-likeness (QED) is 0.254. The number of rotatable bonds is 6. The first kappa shape index (κ1) is 25.5. The predicted octanol–water partition coefficient (Wildman–Crippen LogP) is 9.58. The van der Waals surface area contributed by atoms with E-state index in [4.69, 9.17) is 0 Å². The number of benzene rings is 4. The van der Waals surface area contributed by atoms with Gasteiger partial charge in [-0.25, -0.2) is 0 Å². The van der Waals surface area contributed by atoms with Crippen molar-refractivity contribution in [2.24, 2.45) is 0 Å². The van der Waals surface area contributed by atoms with Crippen LogP contribution in [0.4, 0.5) is 0 Å². The molecule has 0 saturated heterocycles. The van der Waals surface area contributed by atoms with Crippen LogP contribution in [0.5, 0.6) is 0 Å². The predicted molar refractivity (Wildman–Crippen MR) is 159 cm³/mol. The maximum absolute atomic E-state index is 2.55. The topological polar surface area (TPSA) is 0 Å². The molecular formula is C37H42. The van der Waals surface area contributed by atoms with Gasteiger partial charge in [0.15, 0.2) is 0 Å². The second-order valence-electron chi connectivity index (χ2n) is 11.8. The lowest BCUT2D eigenvalue weighted by Crippen LogP contribution is -2.24. The van der Waals surface area contributed by atoms with Crippen LogP contribution in [0.1, 0.15) is 92.4 Å². The van der Waals surface area contributed by atoms with Crippen LogP contribution in [0, 0.1) is 41.5 Å². The Morgan fingerprint density at radius 3 is 1.30 bits per heavy atom. The third-order valence-electron chi connectivity index (χ3n) is 9.02. The Bertz CT molecular complexity index is 1320. The maximum atomic E-state index is 2.55. The van der Waals surface area contributed by atoms with Crippen molar-refractivity contribution in [2.45, 2.75) is 85.5 Å². The first-order valence-electron chi connectivity index (χ1n) is 14.1. The highest BCUT2D eigenvalue weighted by molar-refractivity contribution is 5.49. The maximum Gasteiger partial charge on any atom is 0.0203 e. The molecule has 0 heterocycles. The van der Waals surface area contributed by atoms with Gasteiger partial charge in [0.25, 0.3) is 0 Å². The summed E-state index contributed by atoms with van der Waals surface area (Å²) >= 11 is 0. The lowest BCUT2D eigenvalue weighted by molar-refractivity contribution is 0.534. The minimum absolute atomic E-state index is 0.121. The summed E-state index contributed by atoms with van der Waals surface area (Å²) in [4.78, 5) is 0. The van der Waals surface area contributed by atoms with E-state index < -0.39 is 0 Å². The molecule has 1 saturated carbocycles. The van der Waals surface area contributed by atoms with E-state index in [-0.39, 0.29) is 5.41 Å². The molecule has 0 spiro atoms. The minimum Gasteiger partial charge on any atom is -0.0590 e. The van der Waals surface area contributed by atoms with E-state index in [1.54, 1.807) is 0 Å². The molecule has 0 N–H and O–H groups in total. The Balaban J connectivity index is 1.53. The zero-order valence-corrected chi connectivity index (χ0v) is 23.7. The molecule has 5 rings (SSSR count). The van der Waals surface area contributed by atoms with Crippen LogP contribution in [0.15, 0.2) is 72.8 Å². The lowest BCUT2D eigenvalue weighted by atomic mass is 9.71. The van der Waals surface area contributed by atoms with E-state index in [0.717, 1.165) is 12.8 Å². The van der Waals surface area contributed by atoms with E-state index >= 15 is 0 Å². The zero-order valence-electron chi connectivity index (χ0n) is 23.7. The molecule has 1 fully saturated rings. The highest BCUT2D eigenvalue weighted by atomic mass is 14.4. The minimum atomic E-state index is 0.121. The fourth-order valence-corrected chi connectivity index (χ4v) is 6.54. The lowest BCUT2D eigenvalue weighted by Gasteiger charge is -2.32. The molecule has 4 aromatic rings. The third kappa shape index (κ3) is 5.17. The third-order valence-corrected chi connectivity index (χ3v) is 9.02. The van der Waals surface area contributed by atoms with Gasteiger partial charge in [0.2, 0.25) is 0 Å². The Kier molecular flexibility index (Phi) is 7.13. The zero-order chi connectivity index (χ0) is 26.2. The van der Waals surface area contributed by atoms with Crippen molar-refractivity contribution in [1.29, 1.82) is 0 Å². The van der Waals surface area contributed by atoms with Crippen LogP contribution in [0.3, 0.4) is 0 Å². The molecule has 0 atom stereocenters. The summed E-state index contributed by atoms with van der Waals surface area (Å²) in [5.74, 6) is 0. The Labute approximate surface area is 224 Å². The van der Waals surface area contributed by atoms with E-state index in [2.05, 4.69) is 114 Å². The molecule has 0 heteroatoms. The van der Waals surface area contributed by atoms with Crippen LogP contribution in [0.25, 0.3) is 0 Å². The molecule has 4 aromatic carbocycles. The summed E-state index contributed by atoms with van der Waals surface area (Å²) in [6.45, 7) is 13.4. The van der Waals surface area contributed by atoms with Gasteiger partial charge in [-0.3, -0.25) is 0 Å². The molecule has 1 aliphatic rings. The summed E-state index contributed by atoms with van der Waals surface area (Å²) in [7, 11) is 0. The fourth-order valence-electron chi connectivity index (χ4n) is 6.54. The number of hydrogen-bond donors (Lipinski definition) is 0. The second-order valence-corrected chi connectivity index (χ2v) is 11.8. The van der Waals surface area contributed by atoms with Crippen molar-refractivity contribution in [3.05, 3.63) is 140 Å². The first-order chi connectivity index (χ1) is 17.7. The molecule has 0 aromatic heterocycles. The summed E-state index contributed by atoms with van der Waals surface area (Å²) in [5.41, 5.74) is 17.2. The van der Waals surface area contributed by atoms with Crippen LogP contribution in [-0.2, 0) is 18.3 Å². The first-order valence-corrected chi connectivity index (χ1v) is 14.1. The van der Waals surface area contributed by atoms with Crippen molar-refractivity contribution in [3.8, 4) is 0 Å². The summed E-state index contributed by atoms with van der Waals surface area (Å²) in [6.07, 6.45) is 7.11. The molecule has 0 nitrogen and oxygen atoms in total. The second kappa shape index (κ2) is 10.3. The van der Waals surface area contributed by atoms with Gasteiger partial charge in [0.05, 0.1) is 0 Å². The van der Waals surface area contributed by atoms with Crippen LogP contribution >= 0.6 is 0 Å². The molecule has 37 heavy (non-hydrogen) atoms. The van der Waals surface area contributed by atoms with Gasteiger partial charge in [-0.15, -0.1) is 0 Å². The molecule has 0 aliphatic heterocycles. The van der Waals surface area contributed by atoms with Gasteiger partial charge in [0, 0.05) is 5.41 Å². The molecule has 0 bridgehead atoms. The van der Waals surface area contributed by atoms with Crippen LogP contribution < -0.4 is 0 Å². The average Bonchev–Trinajstić information content (AvgIpc) is 3.36. The fraction of sp³-hybridized carbons (Fsp3) is 0.351. The van der Waals surface area contributed by atoms with Crippen LogP contribution in [-0.4, -0.2) is 0 Å². The van der Waals surface area contributed by atoms with Crippen molar-refractivity contribution in [1.82, 2.24) is 0 Å². The summed E-state index contributed by atoms with van der Waals surface area (Å²) in [6, 6.07) is 28.5. The van der Waals surface area contributed by atoms with Gasteiger partial charge < -0.3 is 0 Å². The van der Waals surface area contributed by atoms with Crippen molar-refractivity contribution in [2.75, 3.05) is 0 Å². The van der Waals surface area contributed by atoms with E-state index in [9.17, 15) is 0 Å². The van der Waals surface area contributed by atoms with Crippen molar-refractivity contribution < 1.29 is 0 Å². The normalized spacial score (nSPS) is 14.8. The van der Waals surface area contributed by atoms with Crippen molar-refractivity contribution in [3.63, 3.8) is 0 Å². The monoisotopic (exact) mass is 486 g/mol. The highest BCUT2D eigenvalue weighted by Crippen LogP contribution is 2.47. The van der Waals surface area contributed by atoms with Crippen LogP contribution in [0.2, 0.25) is 0 Å².